The molecule has 102 valence electrons. The van der Waals surface area contributed by atoms with Crippen LogP contribution in [-0.4, -0.2) is 19.2 Å². The van der Waals surface area contributed by atoms with Crippen molar-refractivity contribution in [2.75, 3.05) is 13.2 Å². The normalized spacial score (nSPS) is 14.3. The Balaban J connectivity index is 2.60. The zero-order valence-electron chi connectivity index (χ0n) is 11.8. The maximum atomic E-state index is 6.16. The SMILES string of the molecule is CCNC(COc1ccc(C)cc1Cl)C(C)CC. The predicted molar refractivity (Wildman–Crippen MR) is 78.6 cm³/mol. The van der Waals surface area contributed by atoms with Crippen molar-refractivity contribution in [1.29, 1.82) is 0 Å². The first-order valence-electron chi connectivity index (χ1n) is 6.70. The van der Waals surface area contributed by atoms with Crippen molar-refractivity contribution >= 4 is 11.6 Å². The molecule has 0 aliphatic carbocycles. The Morgan fingerprint density at radius 1 is 1.33 bits per heavy atom. The number of halogens is 1. The second-order valence-corrected chi connectivity index (χ2v) is 5.20. The van der Waals surface area contributed by atoms with E-state index in [1.165, 1.54) is 0 Å². The van der Waals surface area contributed by atoms with Crippen molar-refractivity contribution in [1.82, 2.24) is 5.32 Å². The summed E-state index contributed by atoms with van der Waals surface area (Å²) in [5.41, 5.74) is 1.15. The summed E-state index contributed by atoms with van der Waals surface area (Å²) in [5.74, 6) is 1.36. The minimum Gasteiger partial charge on any atom is -0.490 e. The Morgan fingerprint density at radius 3 is 2.61 bits per heavy atom. The lowest BCUT2D eigenvalue weighted by molar-refractivity contribution is 0.222. The van der Waals surface area contributed by atoms with Crippen LogP contribution >= 0.6 is 11.6 Å². The van der Waals surface area contributed by atoms with Crippen LogP contribution in [0, 0.1) is 12.8 Å². The van der Waals surface area contributed by atoms with Gasteiger partial charge in [-0.15, -0.1) is 0 Å². The molecule has 18 heavy (non-hydrogen) atoms. The largest absolute Gasteiger partial charge is 0.490 e. The van der Waals surface area contributed by atoms with E-state index < -0.39 is 0 Å². The summed E-state index contributed by atoms with van der Waals surface area (Å²) >= 11 is 6.16. The van der Waals surface area contributed by atoms with E-state index in [9.17, 15) is 0 Å². The van der Waals surface area contributed by atoms with Crippen molar-refractivity contribution in [3.05, 3.63) is 28.8 Å². The first kappa shape index (κ1) is 15.3. The molecule has 0 fully saturated rings. The van der Waals surface area contributed by atoms with Crippen molar-refractivity contribution in [2.24, 2.45) is 5.92 Å². The van der Waals surface area contributed by atoms with Gasteiger partial charge < -0.3 is 10.1 Å². The van der Waals surface area contributed by atoms with Crippen molar-refractivity contribution in [2.45, 2.75) is 40.2 Å². The van der Waals surface area contributed by atoms with Crippen molar-refractivity contribution in [3.8, 4) is 5.75 Å². The Morgan fingerprint density at radius 2 is 2.06 bits per heavy atom. The van der Waals surface area contributed by atoms with Crippen LogP contribution in [-0.2, 0) is 0 Å². The number of rotatable bonds is 7. The van der Waals surface area contributed by atoms with Gasteiger partial charge in [0.2, 0.25) is 0 Å². The molecule has 2 atom stereocenters. The number of likely N-dealkylation sites (N-methyl/N-ethyl adjacent to an activating group) is 1. The Bertz CT molecular complexity index is 368. The molecule has 0 heterocycles. The van der Waals surface area contributed by atoms with Gasteiger partial charge in [-0.05, 0) is 37.1 Å². The molecule has 1 rings (SSSR count). The molecule has 0 saturated heterocycles. The molecule has 0 saturated carbocycles. The van der Waals surface area contributed by atoms with Crippen LogP contribution in [0.5, 0.6) is 5.75 Å². The van der Waals surface area contributed by atoms with E-state index in [4.69, 9.17) is 16.3 Å². The van der Waals surface area contributed by atoms with Crippen LogP contribution in [0.4, 0.5) is 0 Å². The standard InChI is InChI=1S/C15H24ClNO/c1-5-12(4)14(17-6-2)10-18-15-8-7-11(3)9-13(15)16/h7-9,12,14,17H,5-6,10H2,1-4H3. The van der Waals surface area contributed by atoms with Crippen LogP contribution in [0.2, 0.25) is 5.02 Å². The minimum absolute atomic E-state index is 0.373. The van der Waals surface area contributed by atoms with E-state index in [0.717, 1.165) is 24.3 Å². The van der Waals surface area contributed by atoms with Gasteiger partial charge in [0.05, 0.1) is 5.02 Å². The molecular weight excluding hydrogens is 246 g/mol. The molecule has 1 aromatic rings. The molecule has 0 aromatic heterocycles. The molecular formula is C15H24ClNO. The molecule has 3 heteroatoms. The maximum absolute atomic E-state index is 6.16. The first-order chi connectivity index (χ1) is 8.58. The minimum atomic E-state index is 0.373. The molecule has 0 aliphatic rings. The molecule has 0 bridgehead atoms. The predicted octanol–water partition coefficient (Wildman–Crippen LogP) is 4.05. The fourth-order valence-electron chi connectivity index (χ4n) is 1.87. The Kier molecular flexibility index (Phi) is 6.51. The summed E-state index contributed by atoms with van der Waals surface area (Å²) in [6, 6.07) is 6.27. The van der Waals surface area contributed by atoms with Gasteiger partial charge in [-0.2, -0.15) is 0 Å². The lowest BCUT2D eigenvalue weighted by Crippen LogP contribution is -2.39. The quantitative estimate of drug-likeness (QED) is 0.806. The average Bonchev–Trinajstić information content (AvgIpc) is 2.35. The Labute approximate surface area is 116 Å². The number of aryl methyl sites for hydroxylation is 1. The van der Waals surface area contributed by atoms with Gasteiger partial charge in [0.25, 0.3) is 0 Å². The van der Waals surface area contributed by atoms with Gasteiger partial charge in [0.1, 0.15) is 12.4 Å². The smallest absolute Gasteiger partial charge is 0.137 e. The fraction of sp³-hybridized carbons (Fsp3) is 0.600. The summed E-state index contributed by atoms with van der Waals surface area (Å²) in [4.78, 5) is 0. The topological polar surface area (TPSA) is 21.3 Å². The molecule has 2 unspecified atom stereocenters. The number of benzene rings is 1. The highest BCUT2D eigenvalue weighted by atomic mass is 35.5. The van der Waals surface area contributed by atoms with Gasteiger partial charge in [0.15, 0.2) is 0 Å². The van der Waals surface area contributed by atoms with Crippen LogP contribution in [0.1, 0.15) is 32.8 Å². The number of hydrogen-bond acceptors (Lipinski definition) is 2. The summed E-state index contributed by atoms with van der Waals surface area (Å²) < 4.78 is 5.83. The highest BCUT2D eigenvalue weighted by Gasteiger charge is 2.15. The van der Waals surface area contributed by atoms with E-state index in [-0.39, 0.29) is 0 Å². The summed E-state index contributed by atoms with van der Waals surface area (Å²) in [6.07, 6.45) is 1.14. The van der Waals surface area contributed by atoms with Crippen LogP contribution < -0.4 is 10.1 Å². The maximum Gasteiger partial charge on any atom is 0.137 e. The third kappa shape index (κ3) is 4.51. The molecule has 1 aromatic carbocycles. The Hall–Kier alpha value is -0.730. The van der Waals surface area contributed by atoms with Gasteiger partial charge in [-0.3, -0.25) is 0 Å². The second-order valence-electron chi connectivity index (χ2n) is 4.79. The van der Waals surface area contributed by atoms with Crippen molar-refractivity contribution in [3.63, 3.8) is 0 Å². The third-order valence-corrected chi connectivity index (χ3v) is 3.60. The van der Waals surface area contributed by atoms with E-state index in [1.54, 1.807) is 0 Å². The first-order valence-corrected chi connectivity index (χ1v) is 7.08. The van der Waals surface area contributed by atoms with Crippen LogP contribution in [0.25, 0.3) is 0 Å². The molecule has 0 amide bonds. The van der Waals surface area contributed by atoms with Crippen LogP contribution in [0.3, 0.4) is 0 Å². The van der Waals surface area contributed by atoms with Gasteiger partial charge >= 0.3 is 0 Å². The van der Waals surface area contributed by atoms with E-state index in [1.807, 2.05) is 25.1 Å². The van der Waals surface area contributed by atoms with Crippen molar-refractivity contribution < 1.29 is 4.74 Å². The molecule has 2 nitrogen and oxygen atoms in total. The average molecular weight is 270 g/mol. The zero-order valence-corrected chi connectivity index (χ0v) is 12.6. The summed E-state index contributed by atoms with van der Waals surface area (Å²) in [7, 11) is 0. The second kappa shape index (κ2) is 7.65. The lowest BCUT2D eigenvalue weighted by Gasteiger charge is -2.24. The number of ether oxygens (including phenoxy) is 1. The zero-order chi connectivity index (χ0) is 13.5. The number of hydrogen-bond donors (Lipinski definition) is 1. The lowest BCUT2D eigenvalue weighted by atomic mass is 10.00. The summed E-state index contributed by atoms with van der Waals surface area (Å²) in [6.45, 7) is 10.2. The van der Waals surface area contributed by atoms with E-state index in [0.29, 0.717) is 23.6 Å². The fourth-order valence-corrected chi connectivity index (χ4v) is 2.16. The highest BCUT2D eigenvalue weighted by molar-refractivity contribution is 6.32. The molecule has 0 spiro atoms. The van der Waals surface area contributed by atoms with E-state index in [2.05, 4.69) is 26.1 Å². The molecule has 0 radical (unpaired) electrons. The van der Waals surface area contributed by atoms with Gasteiger partial charge in [-0.25, -0.2) is 0 Å². The van der Waals surface area contributed by atoms with E-state index >= 15 is 0 Å². The third-order valence-electron chi connectivity index (χ3n) is 3.30. The monoisotopic (exact) mass is 269 g/mol. The molecule has 1 N–H and O–H groups in total. The van der Waals surface area contributed by atoms with Gasteiger partial charge in [0, 0.05) is 6.04 Å². The number of nitrogens with one attached hydrogen (secondary N) is 1. The van der Waals surface area contributed by atoms with Crippen LogP contribution in [0.15, 0.2) is 18.2 Å². The highest BCUT2D eigenvalue weighted by Crippen LogP contribution is 2.25. The molecule has 0 aliphatic heterocycles. The summed E-state index contributed by atoms with van der Waals surface area (Å²) in [5, 5.41) is 4.16. The van der Waals surface area contributed by atoms with Gasteiger partial charge in [-0.1, -0.05) is 44.9 Å².